The van der Waals surface area contributed by atoms with E-state index in [1.165, 1.54) is 19.3 Å². The molecule has 0 amide bonds. The molecule has 2 fully saturated rings. The monoisotopic (exact) mass is 227 g/mol. The van der Waals surface area contributed by atoms with Crippen LogP contribution in [-0.2, 0) is 9.53 Å². The number of hydrogen-bond acceptors (Lipinski definition) is 3. The standard InChI is InChI=1S/C12H21NO3/c13-12(11(14)15,9-6-7-9)8-16-10-4-2-1-3-5-10/h9-10H,1-8,13H2,(H,14,15). The molecule has 1 atom stereocenters. The summed E-state index contributed by atoms with van der Waals surface area (Å²) in [7, 11) is 0. The lowest BCUT2D eigenvalue weighted by atomic mass is 9.94. The van der Waals surface area contributed by atoms with E-state index in [4.69, 9.17) is 15.6 Å². The molecule has 0 bridgehead atoms. The Balaban J connectivity index is 1.83. The fraction of sp³-hybridized carbons (Fsp3) is 0.917. The maximum absolute atomic E-state index is 11.2. The van der Waals surface area contributed by atoms with E-state index in [1.54, 1.807) is 0 Å². The molecule has 4 heteroatoms. The molecule has 0 aliphatic heterocycles. The van der Waals surface area contributed by atoms with Crippen LogP contribution in [0.3, 0.4) is 0 Å². The van der Waals surface area contributed by atoms with Gasteiger partial charge in [-0.25, -0.2) is 0 Å². The zero-order chi connectivity index (χ0) is 11.6. The summed E-state index contributed by atoms with van der Waals surface area (Å²) in [5, 5.41) is 9.17. The number of nitrogens with two attached hydrogens (primary N) is 1. The van der Waals surface area contributed by atoms with E-state index in [2.05, 4.69) is 0 Å². The number of aliphatic carboxylic acids is 1. The highest BCUT2D eigenvalue weighted by Crippen LogP contribution is 2.39. The largest absolute Gasteiger partial charge is 0.480 e. The molecule has 92 valence electrons. The predicted molar refractivity (Wildman–Crippen MR) is 60.1 cm³/mol. The first-order valence-electron chi connectivity index (χ1n) is 6.27. The second kappa shape index (κ2) is 4.72. The molecule has 2 rings (SSSR count). The third kappa shape index (κ3) is 2.55. The number of rotatable bonds is 5. The maximum Gasteiger partial charge on any atom is 0.326 e. The van der Waals surface area contributed by atoms with Gasteiger partial charge in [-0.2, -0.15) is 0 Å². The molecule has 0 saturated heterocycles. The second-order valence-electron chi connectivity index (χ2n) is 5.19. The molecule has 0 heterocycles. The molecule has 0 aromatic heterocycles. The van der Waals surface area contributed by atoms with Gasteiger partial charge in [0, 0.05) is 0 Å². The topological polar surface area (TPSA) is 72.5 Å². The highest BCUT2D eigenvalue weighted by molar-refractivity contribution is 5.79. The zero-order valence-electron chi connectivity index (χ0n) is 9.65. The summed E-state index contributed by atoms with van der Waals surface area (Å²) in [5.41, 5.74) is 4.80. The Bertz CT molecular complexity index is 259. The van der Waals surface area contributed by atoms with E-state index in [-0.39, 0.29) is 18.6 Å². The van der Waals surface area contributed by atoms with Crippen LogP contribution < -0.4 is 5.73 Å². The summed E-state index contributed by atoms with van der Waals surface area (Å²) in [5.74, 6) is -0.792. The molecule has 2 aliphatic carbocycles. The van der Waals surface area contributed by atoms with Crippen molar-refractivity contribution < 1.29 is 14.6 Å². The summed E-state index contributed by atoms with van der Waals surface area (Å²) in [6.07, 6.45) is 7.86. The van der Waals surface area contributed by atoms with Crippen molar-refractivity contribution in [1.29, 1.82) is 0 Å². The van der Waals surface area contributed by atoms with Crippen molar-refractivity contribution in [1.82, 2.24) is 0 Å². The Morgan fingerprint density at radius 2 is 1.88 bits per heavy atom. The van der Waals surface area contributed by atoms with Crippen molar-refractivity contribution in [2.24, 2.45) is 11.7 Å². The molecule has 0 aromatic rings. The lowest BCUT2D eigenvalue weighted by Gasteiger charge is -2.29. The summed E-state index contributed by atoms with van der Waals surface area (Å²) in [4.78, 5) is 11.2. The van der Waals surface area contributed by atoms with Crippen LogP contribution in [-0.4, -0.2) is 29.3 Å². The maximum atomic E-state index is 11.2. The van der Waals surface area contributed by atoms with Crippen molar-refractivity contribution in [2.45, 2.75) is 56.6 Å². The van der Waals surface area contributed by atoms with Crippen molar-refractivity contribution in [3.63, 3.8) is 0 Å². The van der Waals surface area contributed by atoms with Gasteiger partial charge in [-0.05, 0) is 31.6 Å². The van der Waals surface area contributed by atoms with Crippen LogP contribution in [0.4, 0.5) is 0 Å². The van der Waals surface area contributed by atoms with E-state index in [9.17, 15) is 4.79 Å². The normalized spacial score (nSPS) is 26.3. The first kappa shape index (κ1) is 11.9. The molecule has 0 spiro atoms. The molecular formula is C12H21NO3. The first-order valence-corrected chi connectivity index (χ1v) is 6.27. The van der Waals surface area contributed by atoms with E-state index >= 15 is 0 Å². The molecular weight excluding hydrogens is 206 g/mol. The minimum Gasteiger partial charge on any atom is -0.480 e. The Labute approximate surface area is 96.2 Å². The molecule has 0 radical (unpaired) electrons. The van der Waals surface area contributed by atoms with Crippen LogP contribution in [0.15, 0.2) is 0 Å². The van der Waals surface area contributed by atoms with Crippen LogP contribution >= 0.6 is 0 Å². The lowest BCUT2D eigenvalue weighted by Crippen LogP contribution is -2.54. The number of carboxylic acid groups (broad SMARTS) is 1. The first-order chi connectivity index (χ1) is 7.63. The van der Waals surface area contributed by atoms with Gasteiger partial charge < -0.3 is 15.6 Å². The highest BCUT2D eigenvalue weighted by Gasteiger charge is 2.48. The van der Waals surface area contributed by atoms with Crippen molar-refractivity contribution in [2.75, 3.05) is 6.61 Å². The molecule has 3 N–H and O–H groups in total. The van der Waals surface area contributed by atoms with Gasteiger partial charge in [0.15, 0.2) is 0 Å². The van der Waals surface area contributed by atoms with Crippen molar-refractivity contribution in [3.05, 3.63) is 0 Å². The van der Waals surface area contributed by atoms with Gasteiger partial charge in [0.2, 0.25) is 0 Å². The van der Waals surface area contributed by atoms with Crippen LogP contribution in [0.2, 0.25) is 0 Å². The molecule has 2 saturated carbocycles. The third-order valence-electron chi connectivity index (χ3n) is 3.81. The number of carbonyl (C=O) groups is 1. The summed E-state index contributed by atoms with van der Waals surface area (Å²) < 4.78 is 5.70. The smallest absolute Gasteiger partial charge is 0.326 e. The quantitative estimate of drug-likeness (QED) is 0.747. The summed E-state index contributed by atoms with van der Waals surface area (Å²) >= 11 is 0. The molecule has 16 heavy (non-hydrogen) atoms. The highest BCUT2D eigenvalue weighted by atomic mass is 16.5. The molecule has 1 unspecified atom stereocenters. The minimum atomic E-state index is -1.14. The SMILES string of the molecule is NC(COC1CCCCC1)(C(=O)O)C1CC1. The van der Waals surface area contributed by atoms with Gasteiger partial charge in [-0.1, -0.05) is 19.3 Å². The Hall–Kier alpha value is -0.610. The van der Waals surface area contributed by atoms with E-state index in [0.29, 0.717) is 0 Å². The number of hydrogen-bond donors (Lipinski definition) is 2. The van der Waals surface area contributed by atoms with Crippen LogP contribution in [0.1, 0.15) is 44.9 Å². The van der Waals surface area contributed by atoms with Crippen molar-refractivity contribution in [3.8, 4) is 0 Å². The van der Waals surface area contributed by atoms with Gasteiger partial charge in [-0.15, -0.1) is 0 Å². The van der Waals surface area contributed by atoms with Gasteiger partial charge in [0.05, 0.1) is 12.7 Å². The average molecular weight is 227 g/mol. The Kier molecular flexibility index (Phi) is 3.50. The van der Waals surface area contributed by atoms with E-state index in [0.717, 1.165) is 25.7 Å². The predicted octanol–water partition coefficient (Wildman–Crippen LogP) is 1.53. The van der Waals surface area contributed by atoms with Crippen LogP contribution in [0.25, 0.3) is 0 Å². The lowest BCUT2D eigenvalue weighted by molar-refractivity contribution is -0.148. The second-order valence-corrected chi connectivity index (χ2v) is 5.19. The molecule has 4 nitrogen and oxygen atoms in total. The van der Waals surface area contributed by atoms with Gasteiger partial charge >= 0.3 is 5.97 Å². The summed E-state index contributed by atoms with van der Waals surface area (Å²) in [6, 6.07) is 0. The Morgan fingerprint density at radius 3 is 2.38 bits per heavy atom. The van der Waals surface area contributed by atoms with Gasteiger partial charge in [0.25, 0.3) is 0 Å². The van der Waals surface area contributed by atoms with Crippen LogP contribution in [0, 0.1) is 5.92 Å². The van der Waals surface area contributed by atoms with Gasteiger partial charge in [0.1, 0.15) is 5.54 Å². The fourth-order valence-corrected chi connectivity index (χ4v) is 2.44. The van der Waals surface area contributed by atoms with E-state index < -0.39 is 11.5 Å². The number of ether oxygens (including phenoxy) is 1. The van der Waals surface area contributed by atoms with Crippen molar-refractivity contribution >= 4 is 5.97 Å². The summed E-state index contributed by atoms with van der Waals surface area (Å²) in [6.45, 7) is 0.178. The molecule has 0 aromatic carbocycles. The molecule has 2 aliphatic rings. The van der Waals surface area contributed by atoms with Crippen LogP contribution in [0.5, 0.6) is 0 Å². The fourth-order valence-electron chi connectivity index (χ4n) is 2.44. The number of carboxylic acids is 1. The Morgan fingerprint density at radius 1 is 1.25 bits per heavy atom. The average Bonchev–Trinajstić information content (AvgIpc) is 3.11. The zero-order valence-corrected chi connectivity index (χ0v) is 9.65. The third-order valence-corrected chi connectivity index (χ3v) is 3.81. The minimum absolute atomic E-state index is 0.119. The van der Waals surface area contributed by atoms with Gasteiger partial charge in [-0.3, -0.25) is 4.79 Å². The van der Waals surface area contributed by atoms with E-state index in [1.807, 2.05) is 0 Å².